The first-order valence-electron chi connectivity index (χ1n) is 4.30. The molecule has 0 heterocycles. The lowest BCUT2D eigenvalue weighted by Crippen LogP contribution is -1.97. The summed E-state index contributed by atoms with van der Waals surface area (Å²) in [7, 11) is 0. The van der Waals surface area contributed by atoms with Crippen molar-refractivity contribution in [1.29, 1.82) is 0 Å². The Bertz CT molecular complexity index is 306. The molecule has 1 rings (SSSR count). The van der Waals surface area contributed by atoms with Crippen LogP contribution in [0, 0.1) is 0 Å². The second kappa shape index (κ2) is 6.27. The average Bonchev–Trinajstić information content (AvgIpc) is 2.18. The summed E-state index contributed by atoms with van der Waals surface area (Å²) in [6.45, 7) is 0. The lowest BCUT2D eigenvalue weighted by Gasteiger charge is -1.92. The molecule has 0 saturated carbocycles. The second-order valence-corrected chi connectivity index (χ2v) is 3.75. The molecule has 1 aromatic rings. The summed E-state index contributed by atoms with van der Waals surface area (Å²) in [5.74, 6) is 0.142. The van der Waals surface area contributed by atoms with Crippen LogP contribution in [-0.2, 0) is 4.79 Å². The van der Waals surface area contributed by atoms with E-state index in [0.717, 1.165) is 11.3 Å². The number of rotatable bonds is 5. The molecule has 0 aliphatic carbocycles. The summed E-state index contributed by atoms with van der Waals surface area (Å²) in [5.41, 5.74) is 1.14. The molecule has 0 spiro atoms. The summed E-state index contributed by atoms with van der Waals surface area (Å²) in [6, 6.07) is 9.95. The Balaban J connectivity index is 2.25. The van der Waals surface area contributed by atoms with E-state index in [2.05, 4.69) is 0 Å². The number of benzene rings is 1. The van der Waals surface area contributed by atoms with Crippen LogP contribution in [0.15, 0.2) is 36.4 Å². The maximum atomic E-state index is 10.2. The third kappa shape index (κ3) is 4.72. The van der Waals surface area contributed by atoms with Crippen LogP contribution in [0.2, 0.25) is 0 Å². The van der Waals surface area contributed by atoms with Gasteiger partial charge in [0.1, 0.15) is 0 Å². The highest BCUT2D eigenvalue weighted by Gasteiger charge is 1.93. The lowest BCUT2D eigenvalue weighted by atomic mass is 10.2. The van der Waals surface area contributed by atoms with Crippen molar-refractivity contribution in [2.45, 2.75) is 0 Å². The molecule has 1 aromatic carbocycles. The maximum absolute atomic E-state index is 10.2. The average molecular weight is 208 g/mol. The predicted octanol–water partition coefficient (Wildman–Crippen LogP) is 2.52. The number of hydrogen-bond donors (Lipinski definition) is 1. The smallest absolute Gasteiger partial charge is 0.313 e. The van der Waals surface area contributed by atoms with Crippen molar-refractivity contribution in [2.24, 2.45) is 0 Å². The number of carboxylic acids is 1. The number of thioether (sulfide) groups is 1. The molecular weight excluding hydrogens is 196 g/mol. The molecule has 0 aromatic heterocycles. The summed E-state index contributed by atoms with van der Waals surface area (Å²) < 4.78 is 0. The molecule has 3 heteroatoms. The first kappa shape index (κ1) is 10.9. The molecule has 0 aliphatic heterocycles. The second-order valence-electron chi connectivity index (χ2n) is 2.72. The first-order valence-corrected chi connectivity index (χ1v) is 5.45. The molecule has 0 aliphatic rings. The van der Waals surface area contributed by atoms with Crippen LogP contribution in [0.1, 0.15) is 5.56 Å². The minimum absolute atomic E-state index is 0.166. The Morgan fingerprint density at radius 2 is 2.07 bits per heavy atom. The van der Waals surface area contributed by atoms with Gasteiger partial charge in [-0.2, -0.15) is 0 Å². The zero-order chi connectivity index (χ0) is 10.2. The normalized spacial score (nSPS) is 10.6. The predicted molar refractivity (Wildman–Crippen MR) is 60.4 cm³/mol. The van der Waals surface area contributed by atoms with Gasteiger partial charge in [0.2, 0.25) is 0 Å². The van der Waals surface area contributed by atoms with Crippen molar-refractivity contribution in [1.82, 2.24) is 0 Å². The van der Waals surface area contributed by atoms with E-state index >= 15 is 0 Å². The van der Waals surface area contributed by atoms with Gasteiger partial charge in [-0.25, -0.2) is 0 Å². The topological polar surface area (TPSA) is 37.3 Å². The minimum Gasteiger partial charge on any atom is -0.481 e. The fourth-order valence-electron chi connectivity index (χ4n) is 0.963. The van der Waals surface area contributed by atoms with Crippen LogP contribution < -0.4 is 0 Å². The fraction of sp³-hybridized carbons (Fsp3) is 0.182. The highest BCUT2D eigenvalue weighted by molar-refractivity contribution is 8.00. The molecule has 0 fully saturated rings. The summed E-state index contributed by atoms with van der Waals surface area (Å²) in [6.07, 6.45) is 3.97. The molecular formula is C11H12O2S. The number of hydrogen-bond acceptors (Lipinski definition) is 2. The monoisotopic (exact) mass is 208 g/mol. The summed E-state index contributed by atoms with van der Waals surface area (Å²) in [4.78, 5) is 10.2. The number of carboxylic acid groups (broad SMARTS) is 1. The SMILES string of the molecule is O=C(O)CSCC=Cc1ccccc1. The van der Waals surface area contributed by atoms with Crippen molar-refractivity contribution in [3.8, 4) is 0 Å². The Morgan fingerprint density at radius 3 is 2.71 bits per heavy atom. The van der Waals surface area contributed by atoms with Gasteiger partial charge >= 0.3 is 5.97 Å². The molecule has 74 valence electrons. The van der Waals surface area contributed by atoms with E-state index in [-0.39, 0.29) is 5.75 Å². The molecule has 2 nitrogen and oxygen atoms in total. The Kier molecular flexibility index (Phi) is 4.86. The van der Waals surface area contributed by atoms with Crippen LogP contribution in [0.5, 0.6) is 0 Å². The fourth-order valence-corrected chi connectivity index (χ4v) is 1.49. The van der Waals surface area contributed by atoms with Gasteiger partial charge in [-0.3, -0.25) is 4.79 Å². The molecule has 1 N–H and O–H groups in total. The van der Waals surface area contributed by atoms with Gasteiger partial charge in [-0.15, -0.1) is 11.8 Å². The van der Waals surface area contributed by atoms with Crippen molar-refractivity contribution in [2.75, 3.05) is 11.5 Å². The van der Waals surface area contributed by atoms with Crippen LogP contribution in [-0.4, -0.2) is 22.6 Å². The van der Waals surface area contributed by atoms with E-state index in [9.17, 15) is 4.79 Å². The van der Waals surface area contributed by atoms with E-state index in [4.69, 9.17) is 5.11 Å². The van der Waals surface area contributed by atoms with Gasteiger partial charge in [0, 0.05) is 5.75 Å². The van der Waals surface area contributed by atoms with Crippen molar-refractivity contribution in [3.63, 3.8) is 0 Å². The van der Waals surface area contributed by atoms with E-state index < -0.39 is 5.97 Å². The van der Waals surface area contributed by atoms with Crippen molar-refractivity contribution < 1.29 is 9.90 Å². The summed E-state index contributed by atoms with van der Waals surface area (Å²) >= 11 is 1.39. The van der Waals surface area contributed by atoms with Crippen molar-refractivity contribution in [3.05, 3.63) is 42.0 Å². The summed E-state index contributed by atoms with van der Waals surface area (Å²) in [5, 5.41) is 8.38. The standard InChI is InChI=1S/C11H12O2S/c12-11(13)9-14-8-4-7-10-5-2-1-3-6-10/h1-7H,8-9H2,(H,12,13). The Labute approximate surface area is 87.6 Å². The highest BCUT2D eigenvalue weighted by atomic mass is 32.2. The highest BCUT2D eigenvalue weighted by Crippen LogP contribution is 2.04. The van der Waals surface area contributed by atoms with Crippen LogP contribution in [0.4, 0.5) is 0 Å². The number of aliphatic carboxylic acids is 1. The van der Waals surface area contributed by atoms with Gasteiger partial charge in [0.15, 0.2) is 0 Å². The zero-order valence-electron chi connectivity index (χ0n) is 7.72. The van der Waals surface area contributed by atoms with Gasteiger partial charge in [-0.05, 0) is 5.56 Å². The van der Waals surface area contributed by atoms with Gasteiger partial charge in [-0.1, -0.05) is 42.5 Å². The van der Waals surface area contributed by atoms with Crippen LogP contribution >= 0.6 is 11.8 Å². The molecule has 0 saturated heterocycles. The molecule has 0 radical (unpaired) electrons. The van der Waals surface area contributed by atoms with Gasteiger partial charge in [0.25, 0.3) is 0 Å². The molecule has 0 unspecified atom stereocenters. The molecule has 0 amide bonds. The quantitative estimate of drug-likeness (QED) is 0.755. The Morgan fingerprint density at radius 1 is 1.36 bits per heavy atom. The van der Waals surface area contributed by atoms with Crippen LogP contribution in [0.25, 0.3) is 6.08 Å². The molecule has 0 bridgehead atoms. The first-order chi connectivity index (χ1) is 6.79. The third-order valence-corrected chi connectivity index (χ3v) is 2.43. The number of carbonyl (C=O) groups is 1. The zero-order valence-corrected chi connectivity index (χ0v) is 8.54. The van der Waals surface area contributed by atoms with E-state index in [1.807, 2.05) is 42.5 Å². The van der Waals surface area contributed by atoms with Crippen molar-refractivity contribution >= 4 is 23.8 Å². The Hall–Kier alpha value is -1.22. The van der Waals surface area contributed by atoms with Gasteiger partial charge in [0.05, 0.1) is 5.75 Å². The van der Waals surface area contributed by atoms with E-state index in [0.29, 0.717) is 0 Å². The molecule has 14 heavy (non-hydrogen) atoms. The van der Waals surface area contributed by atoms with Gasteiger partial charge < -0.3 is 5.11 Å². The largest absolute Gasteiger partial charge is 0.481 e. The van der Waals surface area contributed by atoms with Crippen LogP contribution in [0.3, 0.4) is 0 Å². The van der Waals surface area contributed by atoms with E-state index in [1.54, 1.807) is 0 Å². The minimum atomic E-state index is -0.761. The van der Waals surface area contributed by atoms with E-state index in [1.165, 1.54) is 11.8 Å². The molecule has 0 atom stereocenters. The maximum Gasteiger partial charge on any atom is 0.313 e. The lowest BCUT2D eigenvalue weighted by molar-refractivity contribution is -0.133. The third-order valence-electron chi connectivity index (χ3n) is 1.55.